The first kappa shape index (κ1) is 22.7. The second-order valence-electron chi connectivity index (χ2n) is 6.29. The van der Waals surface area contributed by atoms with E-state index in [0.29, 0.717) is 23.0 Å². The van der Waals surface area contributed by atoms with E-state index >= 15 is 0 Å². The highest BCUT2D eigenvalue weighted by Gasteiger charge is 2.20. The molecule has 1 atom stereocenters. The van der Waals surface area contributed by atoms with Crippen molar-refractivity contribution in [3.05, 3.63) is 47.0 Å². The smallest absolute Gasteiger partial charge is 0.387 e. The molecule has 1 unspecified atom stereocenters. The first-order valence-electron chi connectivity index (χ1n) is 8.71. The molecule has 9 heteroatoms. The largest absolute Gasteiger partial charge is 0.495 e. The van der Waals surface area contributed by atoms with Crippen molar-refractivity contribution < 1.29 is 27.8 Å². The lowest BCUT2D eigenvalue weighted by atomic mass is 10.1. The molecule has 0 aromatic heterocycles. The van der Waals surface area contributed by atoms with Crippen LogP contribution in [0.5, 0.6) is 17.2 Å². The topological polar surface area (TPSA) is 60.0 Å². The molecule has 0 aliphatic rings. The summed E-state index contributed by atoms with van der Waals surface area (Å²) >= 11 is 5.99. The maximum atomic E-state index is 12.6. The van der Waals surface area contributed by atoms with Crippen molar-refractivity contribution in [2.75, 3.05) is 26.6 Å². The Kier molecular flexibility index (Phi) is 8.04. The number of carbonyl (C=O) groups is 1. The maximum Gasteiger partial charge on any atom is 0.387 e. The SMILES string of the molecule is COc1ccc(Cl)cc1NC(=O)C(C)N(C)Cc1ccc(OC(F)F)c(OC)c1. The Morgan fingerprint density at radius 2 is 1.76 bits per heavy atom. The van der Waals surface area contributed by atoms with Crippen molar-refractivity contribution in [2.45, 2.75) is 26.1 Å². The van der Waals surface area contributed by atoms with Gasteiger partial charge in [0.1, 0.15) is 5.75 Å². The van der Waals surface area contributed by atoms with E-state index in [-0.39, 0.29) is 17.4 Å². The Morgan fingerprint density at radius 1 is 1.10 bits per heavy atom. The zero-order valence-electron chi connectivity index (χ0n) is 16.5. The molecule has 29 heavy (non-hydrogen) atoms. The van der Waals surface area contributed by atoms with Crippen LogP contribution in [0.15, 0.2) is 36.4 Å². The minimum atomic E-state index is -2.94. The van der Waals surface area contributed by atoms with Gasteiger partial charge in [0.15, 0.2) is 11.5 Å². The lowest BCUT2D eigenvalue weighted by Gasteiger charge is -2.24. The Hall–Kier alpha value is -2.58. The highest BCUT2D eigenvalue weighted by atomic mass is 35.5. The number of rotatable bonds is 9. The average Bonchev–Trinajstić information content (AvgIpc) is 2.68. The summed E-state index contributed by atoms with van der Waals surface area (Å²) in [4.78, 5) is 14.4. The van der Waals surface area contributed by atoms with Crippen molar-refractivity contribution in [3.8, 4) is 17.2 Å². The molecule has 1 amide bonds. The molecular weight excluding hydrogens is 406 g/mol. The van der Waals surface area contributed by atoms with Gasteiger partial charge in [0, 0.05) is 11.6 Å². The molecule has 1 N–H and O–H groups in total. The van der Waals surface area contributed by atoms with Crippen LogP contribution in [0.4, 0.5) is 14.5 Å². The normalized spacial score (nSPS) is 12.0. The molecule has 0 spiro atoms. The first-order chi connectivity index (χ1) is 13.7. The van der Waals surface area contributed by atoms with Crippen LogP contribution >= 0.6 is 11.6 Å². The van der Waals surface area contributed by atoms with Gasteiger partial charge in [-0.2, -0.15) is 8.78 Å². The predicted octanol–water partition coefficient (Wildman–Crippen LogP) is 4.42. The van der Waals surface area contributed by atoms with Crippen LogP contribution in [-0.4, -0.2) is 44.7 Å². The molecule has 6 nitrogen and oxygen atoms in total. The Labute approximate surface area is 173 Å². The summed E-state index contributed by atoms with van der Waals surface area (Å²) in [7, 11) is 4.65. The minimum Gasteiger partial charge on any atom is -0.495 e. The Balaban J connectivity index is 2.07. The first-order valence-corrected chi connectivity index (χ1v) is 9.09. The van der Waals surface area contributed by atoms with Gasteiger partial charge < -0.3 is 19.5 Å². The number of hydrogen-bond donors (Lipinski definition) is 1. The molecule has 0 saturated carbocycles. The van der Waals surface area contributed by atoms with Crippen LogP contribution in [0, 0.1) is 0 Å². The third-order valence-electron chi connectivity index (χ3n) is 4.34. The van der Waals surface area contributed by atoms with Crippen molar-refractivity contribution in [1.82, 2.24) is 4.90 Å². The molecule has 2 aromatic carbocycles. The van der Waals surface area contributed by atoms with Gasteiger partial charge >= 0.3 is 6.61 Å². The van der Waals surface area contributed by atoms with Crippen LogP contribution in [-0.2, 0) is 11.3 Å². The number of anilines is 1. The Morgan fingerprint density at radius 3 is 2.38 bits per heavy atom. The molecule has 0 saturated heterocycles. The number of amides is 1. The van der Waals surface area contributed by atoms with E-state index in [1.54, 1.807) is 49.2 Å². The van der Waals surface area contributed by atoms with Gasteiger partial charge in [-0.3, -0.25) is 9.69 Å². The van der Waals surface area contributed by atoms with Gasteiger partial charge in [0.2, 0.25) is 5.91 Å². The van der Waals surface area contributed by atoms with Crippen LogP contribution in [0.1, 0.15) is 12.5 Å². The van der Waals surface area contributed by atoms with Crippen LogP contribution in [0.2, 0.25) is 5.02 Å². The fourth-order valence-electron chi connectivity index (χ4n) is 2.64. The highest BCUT2D eigenvalue weighted by Crippen LogP contribution is 2.30. The lowest BCUT2D eigenvalue weighted by molar-refractivity contribution is -0.120. The number of nitrogens with one attached hydrogen (secondary N) is 1. The fourth-order valence-corrected chi connectivity index (χ4v) is 2.82. The second-order valence-corrected chi connectivity index (χ2v) is 6.73. The van der Waals surface area contributed by atoms with E-state index < -0.39 is 12.7 Å². The molecule has 2 rings (SSSR count). The van der Waals surface area contributed by atoms with Gasteiger partial charge in [-0.15, -0.1) is 0 Å². The summed E-state index contributed by atoms with van der Waals surface area (Å²) in [6.45, 7) is -0.811. The van der Waals surface area contributed by atoms with Gasteiger partial charge in [0.25, 0.3) is 0 Å². The lowest BCUT2D eigenvalue weighted by Crippen LogP contribution is -2.39. The minimum absolute atomic E-state index is 0.0484. The van der Waals surface area contributed by atoms with Gasteiger partial charge in [-0.25, -0.2) is 0 Å². The summed E-state index contributed by atoms with van der Waals surface area (Å²) < 4.78 is 39.7. The standard InChI is InChI=1S/C20H23ClF2N2O4/c1-12(19(26)24-15-10-14(21)6-8-16(15)27-3)25(2)11-13-5-7-17(29-20(22)23)18(9-13)28-4/h5-10,12,20H,11H2,1-4H3,(H,24,26). The third kappa shape index (κ3) is 6.20. The van der Waals surface area contributed by atoms with Crippen LogP contribution < -0.4 is 19.5 Å². The second kappa shape index (κ2) is 10.3. The molecule has 2 aromatic rings. The molecule has 0 aliphatic heterocycles. The number of carbonyl (C=O) groups excluding carboxylic acids is 1. The van der Waals surface area contributed by atoms with E-state index in [1.807, 2.05) is 0 Å². The van der Waals surface area contributed by atoms with Crippen molar-refractivity contribution in [2.24, 2.45) is 0 Å². The van der Waals surface area contributed by atoms with Crippen LogP contribution in [0.25, 0.3) is 0 Å². The maximum absolute atomic E-state index is 12.6. The zero-order valence-corrected chi connectivity index (χ0v) is 17.3. The number of likely N-dealkylation sites (N-methyl/N-ethyl adjacent to an activating group) is 1. The summed E-state index contributed by atoms with van der Waals surface area (Å²) in [5, 5.41) is 3.28. The number of hydrogen-bond acceptors (Lipinski definition) is 5. The van der Waals surface area contributed by atoms with E-state index in [0.717, 1.165) is 5.56 Å². The molecule has 0 aliphatic carbocycles. The Bertz CT molecular complexity index is 851. The molecular formula is C20H23ClF2N2O4. The number of ether oxygens (including phenoxy) is 3. The van der Waals surface area contributed by atoms with E-state index in [9.17, 15) is 13.6 Å². The van der Waals surface area contributed by atoms with Crippen molar-refractivity contribution in [3.63, 3.8) is 0 Å². The van der Waals surface area contributed by atoms with Crippen molar-refractivity contribution >= 4 is 23.2 Å². The molecule has 0 radical (unpaired) electrons. The fraction of sp³-hybridized carbons (Fsp3) is 0.350. The number of alkyl halides is 2. The number of benzene rings is 2. The third-order valence-corrected chi connectivity index (χ3v) is 4.57. The predicted molar refractivity (Wildman–Crippen MR) is 107 cm³/mol. The summed E-state index contributed by atoms with van der Waals surface area (Å²) in [5.41, 5.74) is 1.24. The molecule has 158 valence electrons. The van der Waals surface area contributed by atoms with Gasteiger partial charge in [-0.05, 0) is 49.9 Å². The number of nitrogens with zero attached hydrogens (tertiary/aromatic N) is 1. The molecule has 0 heterocycles. The van der Waals surface area contributed by atoms with E-state index in [1.165, 1.54) is 20.3 Å². The van der Waals surface area contributed by atoms with E-state index in [2.05, 4.69) is 10.1 Å². The zero-order chi connectivity index (χ0) is 21.6. The summed E-state index contributed by atoms with van der Waals surface area (Å²) in [5.74, 6) is 0.388. The quantitative estimate of drug-likeness (QED) is 0.640. The van der Waals surface area contributed by atoms with Gasteiger partial charge in [-0.1, -0.05) is 17.7 Å². The highest BCUT2D eigenvalue weighted by molar-refractivity contribution is 6.31. The monoisotopic (exact) mass is 428 g/mol. The van der Waals surface area contributed by atoms with E-state index in [4.69, 9.17) is 21.1 Å². The van der Waals surface area contributed by atoms with Crippen LogP contribution in [0.3, 0.4) is 0 Å². The number of halogens is 3. The number of methoxy groups -OCH3 is 2. The summed E-state index contributed by atoms with van der Waals surface area (Å²) in [6.07, 6.45) is 0. The van der Waals surface area contributed by atoms with Crippen molar-refractivity contribution in [1.29, 1.82) is 0 Å². The summed E-state index contributed by atoms with van der Waals surface area (Å²) in [6, 6.07) is 9.09. The molecule has 0 fully saturated rings. The molecule has 0 bridgehead atoms. The average molecular weight is 429 g/mol. The van der Waals surface area contributed by atoms with Gasteiger partial charge in [0.05, 0.1) is 25.9 Å².